The Morgan fingerprint density at radius 1 is 1.19 bits per heavy atom. The van der Waals surface area contributed by atoms with Gasteiger partial charge in [-0.1, -0.05) is 13.8 Å². The van der Waals surface area contributed by atoms with Crippen LogP contribution in [0.1, 0.15) is 19.4 Å². The molecule has 3 rings (SSSR count). The molecule has 32 heavy (non-hydrogen) atoms. The highest BCUT2D eigenvalue weighted by Crippen LogP contribution is 2.30. The quantitative estimate of drug-likeness (QED) is 0.328. The zero-order valence-corrected chi connectivity index (χ0v) is 18.9. The molecular weight excluding hydrogens is 434 g/mol. The molecule has 0 radical (unpaired) electrons. The van der Waals surface area contributed by atoms with Gasteiger partial charge in [0.2, 0.25) is 5.91 Å². The van der Waals surface area contributed by atoms with Gasteiger partial charge in [-0.3, -0.25) is 28.8 Å². The molecule has 2 heterocycles. The Kier molecular flexibility index (Phi) is 6.78. The molecule has 10 nitrogen and oxygen atoms in total. The summed E-state index contributed by atoms with van der Waals surface area (Å²) in [5.74, 6) is -0.0300. The van der Waals surface area contributed by atoms with Crippen molar-refractivity contribution in [3.63, 3.8) is 0 Å². The summed E-state index contributed by atoms with van der Waals surface area (Å²) in [6.45, 7) is 4.08. The van der Waals surface area contributed by atoms with E-state index in [2.05, 4.69) is 10.3 Å². The van der Waals surface area contributed by atoms with E-state index in [0.29, 0.717) is 28.3 Å². The number of pyridine rings is 1. The molecule has 1 aromatic carbocycles. The van der Waals surface area contributed by atoms with Crippen molar-refractivity contribution in [1.29, 1.82) is 0 Å². The number of nitrogens with one attached hydrogen (secondary N) is 1. The maximum Gasteiger partial charge on any atom is 0.332 e. The molecule has 0 saturated carbocycles. The van der Waals surface area contributed by atoms with Crippen LogP contribution in [0, 0.1) is 16.0 Å². The standard InChI is InChI=1S/C21H23N5O5S/c1-12(2)9-13-10-22-19-17(20(28)25(4)21(29)24(19)3)18(13)32-11-16(27)23-14-5-7-15(8-6-14)26(30)31/h5-8,10,12H,9,11H2,1-4H3,(H,23,27). The van der Waals surface area contributed by atoms with Gasteiger partial charge in [-0.25, -0.2) is 9.78 Å². The largest absolute Gasteiger partial charge is 0.332 e. The first-order valence-corrected chi connectivity index (χ1v) is 10.8. The number of carbonyl (C=O) groups excluding carboxylic acids is 1. The fourth-order valence-electron chi connectivity index (χ4n) is 3.29. The maximum absolute atomic E-state index is 12.9. The molecule has 0 saturated heterocycles. The summed E-state index contributed by atoms with van der Waals surface area (Å²) in [6.07, 6.45) is 2.30. The number of nitro benzene ring substituents is 1. The number of fused-ring (bicyclic) bond motifs is 1. The number of benzene rings is 1. The summed E-state index contributed by atoms with van der Waals surface area (Å²) in [5.41, 5.74) is 0.528. The number of amides is 1. The number of aryl methyl sites for hydroxylation is 1. The van der Waals surface area contributed by atoms with Gasteiger partial charge in [0.1, 0.15) is 5.65 Å². The van der Waals surface area contributed by atoms with E-state index in [9.17, 15) is 24.5 Å². The Labute approximate surface area is 187 Å². The lowest BCUT2D eigenvalue weighted by atomic mass is 10.0. The van der Waals surface area contributed by atoms with Gasteiger partial charge in [-0.05, 0) is 30.0 Å². The number of aromatic nitrogens is 3. The van der Waals surface area contributed by atoms with E-state index in [-0.39, 0.29) is 23.0 Å². The van der Waals surface area contributed by atoms with Crippen LogP contribution in [-0.2, 0) is 25.3 Å². The van der Waals surface area contributed by atoms with Crippen molar-refractivity contribution in [2.24, 2.45) is 20.0 Å². The first-order valence-electron chi connectivity index (χ1n) is 9.84. The highest BCUT2D eigenvalue weighted by molar-refractivity contribution is 8.00. The summed E-state index contributed by atoms with van der Waals surface area (Å²) >= 11 is 1.20. The molecule has 0 aliphatic carbocycles. The Morgan fingerprint density at radius 2 is 1.84 bits per heavy atom. The molecule has 0 atom stereocenters. The van der Waals surface area contributed by atoms with Gasteiger partial charge >= 0.3 is 5.69 Å². The number of anilines is 1. The van der Waals surface area contributed by atoms with Gasteiger partial charge in [0.05, 0.1) is 16.1 Å². The lowest BCUT2D eigenvalue weighted by Crippen LogP contribution is -2.37. The second-order valence-corrected chi connectivity index (χ2v) is 8.74. The summed E-state index contributed by atoms with van der Waals surface area (Å²) < 4.78 is 2.35. The number of carbonyl (C=O) groups is 1. The van der Waals surface area contributed by atoms with Crippen molar-refractivity contribution in [2.45, 2.75) is 25.2 Å². The Bertz CT molecular complexity index is 1310. The van der Waals surface area contributed by atoms with Crippen molar-refractivity contribution >= 4 is 40.1 Å². The summed E-state index contributed by atoms with van der Waals surface area (Å²) in [7, 11) is 2.96. The average molecular weight is 458 g/mol. The average Bonchev–Trinajstić information content (AvgIpc) is 2.75. The van der Waals surface area contributed by atoms with Crippen molar-refractivity contribution < 1.29 is 9.72 Å². The monoisotopic (exact) mass is 457 g/mol. The first kappa shape index (κ1) is 23.2. The smallest absolute Gasteiger partial charge is 0.325 e. The minimum Gasteiger partial charge on any atom is -0.325 e. The summed E-state index contributed by atoms with van der Waals surface area (Å²) in [4.78, 5) is 53.0. The van der Waals surface area contributed by atoms with Gasteiger partial charge < -0.3 is 5.32 Å². The highest BCUT2D eigenvalue weighted by atomic mass is 32.2. The molecule has 3 aromatic rings. The van der Waals surface area contributed by atoms with E-state index < -0.39 is 16.2 Å². The zero-order chi connectivity index (χ0) is 23.6. The normalized spacial score (nSPS) is 11.2. The summed E-state index contributed by atoms with van der Waals surface area (Å²) in [6, 6.07) is 5.53. The molecule has 168 valence electrons. The third kappa shape index (κ3) is 4.72. The lowest BCUT2D eigenvalue weighted by molar-refractivity contribution is -0.384. The van der Waals surface area contributed by atoms with Crippen molar-refractivity contribution in [2.75, 3.05) is 11.1 Å². The van der Waals surface area contributed by atoms with Crippen LogP contribution in [-0.4, -0.2) is 30.7 Å². The number of non-ortho nitro benzene ring substituents is 1. The lowest BCUT2D eigenvalue weighted by Gasteiger charge is -2.15. The van der Waals surface area contributed by atoms with Crippen LogP contribution in [0.2, 0.25) is 0 Å². The molecule has 0 unspecified atom stereocenters. The molecule has 2 aromatic heterocycles. The zero-order valence-electron chi connectivity index (χ0n) is 18.1. The second kappa shape index (κ2) is 9.35. The molecule has 11 heteroatoms. The van der Waals surface area contributed by atoms with E-state index in [1.165, 1.54) is 47.6 Å². The Balaban J connectivity index is 1.94. The first-order chi connectivity index (χ1) is 15.1. The molecule has 0 aliphatic rings. The number of hydrogen-bond donors (Lipinski definition) is 1. The van der Waals surface area contributed by atoms with Crippen LogP contribution in [0.5, 0.6) is 0 Å². The number of hydrogen-bond acceptors (Lipinski definition) is 7. The third-order valence-corrected chi connectivity index (χ3v) is 5.99. The summed E-state index contributed by atoms with van der Waals surface area (Å²) in [5, 5.41) is 13.8. The van der Waals surface area contributed by atoms with Gasteiger partial charge in [0.25, 0.3) is 11.2 Å². The predicted octanol–water partition coefficient (Wildman–Crippen LogP) is 2.47. The molecule has 1 amide bonds. The molecule has 0 spiro atoms. The van der Waals surface area contributed by atoms with Crippen LogP contribution in [0.25, 0.3) is 11.0 Å². The van der Waals surface area contributed by atoms with Crippen molar-refractivity contribution in [1.82, 2.24) is 14.1 Å². The number of rotatable bonds is 7. The minimum absolute atomic E-state index is 0.00713. The van der Waals surface area contributed by atoms with E-state index in [4.69, 9.17) is 0 Å². The fraction of sp³-hybridized carbons (Fsp3) is 0.333. The maximum atomic E-state index is 12.9. The molecule has 0 aliphatic heterocycles. The minimum atomic E-state index is -0.514. The van der Waals surface area contributed by atoms with Gasteiger partial charge in [-0.15, -0.1) is 11.8 Å². The molecule has 0 bridgehead atoms. The SMILES string of the molecule is CC(C)Cc1cnc2c(c1SCC(=O)Nc1ccc([N+](=O)[O-])cc1)c(=O)n(C)c(=O)n2C. The van der Waals surface area contributed by atoms with Crippen LogP contribution < -0.4 is 16.6 Å². The Hall–Kier alpha value is -3.47. The van der Waals surface area contributed by atoms with Crippen molar-refractivity contribution in [3.05, 3.63) is 67.0 Å². The van der Waals surface area contributed by atoms with E-state index in [1.807, 2.05) is 13.8 Å². The van der Waals surface area contributed by atoms with Crippen molar-refractivity contribution in [3.8, 4) is 0 Å². The van der Waals surface area contributed by atoms with Gasteiger partial charge in [0, 0.05) is 43.0 Å². The van der Waals surface area contributed by atoms with E-state index in [0.717, 1.165) is 10.1 Å². The van der Waals surface area contributed by atoms with Crippen LogP contribution >= 0.6 is 11.8 Å². The van der Waals surface area contributed by atoms with Gasteiger partial charge in [-0.2, -0.15) is 0 Å². The number of nitro groups is 1. The number of nitrogens with zero attached hydrogens (tertiary/aromatic N) is 4. The fourth-order valence-corrected chi connectivity index (χ4v) is 4.28. The highest BCUT2D eigenvalue weighted by Gasteiger charge is 2.19. The molecule has 1 N–H and O–H groups in total. The predicted molar refractivity (Wildman–Crippen MR) is 123 cm³/mol. The third-order valence-electron chi connectivity index (χ3n) is 4.83. The van der Waals surface area contributed by atoms with E-state index in [1.54, 1.807) is 13.2 Å². The topological polar surface area (TPSA) is 129 Å². The van der Waals surface area contributed by atoms with Crippen LogP contribution in [0.15, 0.2) is 44.9 Å². The molecule has 0 fully saturated rings. The Morgan fingerprint density at radius 3 is 2.44 bits per heavy atom. The van der Waals surface area contributed by atoms with Crippen LogP contribution in [0.3, 0.4) is 0 Å². The van der Waals surface area contributed by atoms with E-state index >= 15 is 0 Å². The van der Waals surface area contributed by atoms with Crippen LogP contribution in [0.4, 0.5) is 11.4 Å². The van der Waals surface area contributed by atoms with Gasteiger partial charge in [0.15, 0.2) is 0 Å². The second-order valence-electron chi connectivity index (χ2n) is 7.76. The number of thioether (sulfide) groups is 1. The molecular formula is C21H23N5O5S.